The number of benzene rings is 1. The Morgan fingerprint density at radius 1 is 1.29 bits per heavy atom. The van der Waals surface area contributed by atoms with E-state index in [-0.39, 0.29) is 5.57 Å². The van der Waals surface area contributed by atoms with Gasteiger partial charge < -0.3 is 15.1 Å². The van der Waals surface area contributed by atoms with E-state index in [1.807, 2.05) is 0 Å². The average Bonchev–Trinajstić information content (AvgIpc) is 2.64. The molecule has 1 amide bonds. The number of carboxylic acid groups (broad SMARTS) is 1. The number of carboxylic acids is 1. The van der Waals surface area contributed by atoms with Crippen LogP contribution in [0, 0.1) is 0 Å². The van der Waals surface area contributed by atoms with E-state index >= 15 is 0 Å². The Hall–Kier alpha value is -2.15. The van der Waals surface area contributed by atoms with Crippen LogP contribution in [-0.2, 0) is 14.4 Å². The second-order valence-corrected chi connectivity index (χ2v) is 5.52. The molecule has 0 spiro atoms. The number of ketones is 1. The quantitative estimate of drug-likeness (QED) is 0.860. The molecular weight excluding hydrogens is 342 g/mol. The molecule has 1 aliphatic heterocycles. The van der Waals surface area contributed by atoms with Crippen molar-refractivity contribution in [1.82, 2.24) is 4.90 Å². The van der Waals surface area contributed by atoms with Gasteiger partial charge in [-0.2, -0.15) is 0 Å². The van der Waals surface area contributed by atoms with Crippen LogP contribution in [0.15, 0.2) is 40.1 Å². The Morgan fingerprint density at radius 3 is 2.33 bits per heavy atom. The van der Waals surface area contributed by atoms with Crippen molar-refractivity contribution in [2.45, 2.75) is 13.0 Å². The van der Waals surface area contributed by atoms with Crippen LogP contribution < -0.4 is 0 Å². The molecule has 1 unspecified atom stereocenters. The second kappa shape index (κ2) is 5.69. The highest BCUT2D eigenvalue weighted by Crippen LogP contribution is 2.37. The largest absolute Gasteiger partial charge is 0.503 e. The topological polar surface area (TPSA) is 94.9 Å². The van der Waals surface area contributed by atoms with Gasteiger partial charge in [0.1, 0.15) is 6.54 Å². The molecule has 6 nitrogen and oxygen atoms in total. The zero-order valence-electron chi connectivity index (χ0n) is 11.0. The number of amides is 1. The van der Waals surface area contributed by atoms with Crippen molar-refractivity contribution in [1.29, 1.82) is 0 Å². The summed E-state index contributed by atoms with van der Waals surface area (Å²) in [5, 5.41) is 18.8. The monoisotopic (exact) mass is 353 g/mol. The number of carbonyl (C=O) groups excluding carboxylic acids is 2. The van der Waals surface area contributed by atoms with Crippen LogP contribution in [0.3, 0.4) is 0 Å². The average molecular weight is 354 g/mol. The fourth-order valence-corrected chi connectivity index (χ4v) is 2.58. The third-order valence-corrected chi connectivity index (χ3v) is 3.70. The number of aliphatic hydroxyl groups excluding tert-OH is 1. The first-order valence-electron chi connectivity index (χ1n) is 6.05. The molecule has 0 saturated carbocycles. The molecule has 0 aromatic heterocycles. The number of carbonyl (C=O) groups is 3. The first-order valence-corrected chi connectivity index (χ1v) is 6.84. The van der Waals surface area contributed by atoms with E-state index in [1.54, 1.807) is 24.3 Å². The molecule has 1 aromatic rings. The van der Waals surface area contributed by atoms with E-state index in [1.165, 1.54) is 6.92 Å². The summed E-state index contributed by atoms with van der Waals surface area (Å²) in [7, 11) is 0. The van der Waals surface area contributed by atoms with Crippen LogP contribution in [-0.4, -0.2) is 39.3 Å². The Morgan fingerprint density at radius 2 is 1.86 bits per heavy atom. The highest BCUT2D eigenvalue weighted by Gasteiger charge is 2.43. The molecule has 0 aliphatic carbocycles. The fourth-order valence-electron chi connectivity index (χ4n) is 2.31. The van der Waals surface area contributed by atoms with Gasteiger partial charge >= 0.3 is 5.97 Å². The Balaban J connectivity index is 2.53. The molecule has 0 radical (unpaired) electrons. The fraction of sp³-hybridized carbons (Fsp3) is 0.214. The van der Waals surface area contributed by atoms with Gasteiger partial charge in [0, 0.05) is 4.47 Å². The van der Waals surface area contributed by atoms with Gasteiger partial charge in [-0.25, -0.2) is 0 Å². The third kappa shape index (κ3) is 2.82. The van der Waals surface area contributed by atoms with Gasteiger partial charge in [-0.1, -0.05) is 28.1 Å². The van der Waals surface area contributed by atoms with Gasteiger partial charge in [0.05, 0.1) is 11.6 Å². The summed E-state index contributed by atoms with van der Waals surface area (Å²) in [4.78, 5) is 35.6. The zero-order chi connectivity index (χ0) is 15.7. The number of nitrogens with zero attached hydrogens (tertiary/aromatic N) is 1. The molecule has 7 heteroatoms. The zero-order valence-corrected chi connectivity index (χ0v) is 12.6. The van der Waals surface area contributed by atoms with Crippen molar-refractivity contribution in [3.05, 3.63) is 45.6 Å². The summed E-state index contributed by atoms with van der Waals surface area (Å²) in [6.45, 7) is 0.634. The van der Waals surface area contributed by atoms with Crippen molar-refractivity contribution < 1.29 is 24.6 Å². The van der Waals surface area contributed by atoms with Crippen LogP contribution >= 0.6 is 15.9 Å². The van der Waals surface area contributed by atoms with E-state index in [0.29, 0.717) is 5.56 Å². The lowest BCUT2D eigenvalue weighted by molar-refractivity contribution is -0.144. The lowest BCUT2D eigenvalue weighted by Crippen LogP contribution is -2.35. The van der Waals surface area contributed by atoms with Crippen LogP contribution in [0.4, 0.5) is 0 Å². The summed E-state index contributed by atoms with van der Waals surface area (Å²) in [5.41, 5.74) is 0.477. The molecule has 110 valence electrons. The molecule has 1 atom stereocenters. The van der Waals surface area contributed by atoms with Gasteiger partial charge in [0.15, 0.2) is 11.5 Å². The minimum atomic E-state index is -1.22. The molecule has 0 fully saturated rings. The standard InChI is InChI=1S/C14H12BrNO5/c1-7(17)11-12(8-2-4-9(15)5-3-8)16(6-10(18)19)14(21)13(11)20/h2-5,12,20H,6H2,1H3,(H,18,19). The number of aliphatic hydroxyl groups is 1. The molecule has 1 aromatic carbocycles. The summed E-state index contributed by atoms with van der Waals surface area (Å²) >= 11 is 3.27. The number of rotatable bonds is 4. The maximum absolute atomic E-state index is 12.0. The molecule has 1 heterocycles. The number of halogens is 1. The Labute approximate surface area is 128 Å². The molecule has 0 bridgehead atoms. The lowest BCUT2D eigenvalue weighted by Gasteiger charge is -2.24. The molecule has 21 heavy (non-hydrogen) atoms. The molecular formula is C14H12BrNO5. The number of aliphatic carboxylic acids is 1. The van der Waals surface area contributed by atoms with Crippen LogP contribution in [0.25, 0.3) is 0 Å². The number of hydrogen-bond donors (Lipinski definition) is 2. The third-order valence-electron chi connectivity index (χ3n) is 3.17. The van der Waals surface area contributed by atoms with Crippen LogP contribution in [0.1, 0.15) is 18.5 Å². The maximum atomic E-state index is 12.0. The molecule has 1 aliphatic rings. The van der Waals surface area contributed by atoms with E-state index in [9.17, 15) is 19.5 Å². The van der Waals surface area contributed by atoms with Gasteiger partial charge in [-0.15, -0.1) is 0 Å². The highest BCUT2D eigenvalue weighted by atomic mass is 79.9. The van der Waals surface area contributed by atoms with Gasteiger partial charge in [0.2, 0.25) is 0 Å². The lowest BCUT2D eigenvalue weighted by atomic mass is 9.97. The van der Waals surface area contributed by atoms with Crippen LogP contribution in [0.5, 0.6) is 0 Å². The maximum Gasteiger partial charge on any atom is 0.323 e. The minimum Gasteiger partial charge on any atom is -0.503 e. The van der Waals surface area contributed by atoms with Crippen molar-refractivity contribution in [2.75, 3.05) is 6.54 Å². The summed E-state index contributed by atoms with van der Waals surface area (Å²) in [6.07, 6.45) is 0. The van der Waals surface area contributed by atoms with Crippen molar-refractivity contribution in [2.24, 2.45) is 0 Å². The number of hydrogen-bond acceptors (Lipinski definition) is 4. The predicted molar refractivity (Wildman–Crippen MR) is 76.6 cm³/mol. The van der Waals surface area contributed by atoms with Crippen molar-refractivity contribution >= 4 is 33.6 Å². The van der Waals surface area contributed by atoms with E-state index < -0.39 is 36.0 Å². The van der Waals surface area contributed by atoms with Gasteiger partial charge in [-0.3, -0.25) is 14.4 Å². The first-order chi connectivity index (χ1) is 9.82. The highest BCUT2D eigenvalue weighted by molar-refractivity contribution is 9.10. The Bertz CT molecular complexity index is 650. The summed E-state index contributed by atoms with van der Waals surface area (Å²) < 4.78 is 0.804. The smallest absolute Gasteiger partial charge is 0.323 e. The van der Waals surface area contributed by atoms with E-state index in [0.717, 1.165) is 9.37 Å². The second-order valence-electron chi connectivity index (χ2n) is 4.60. The van der Waals surface area contributed by atoms with E-state index in [4.69, 9.17) is 5.11 Å². The van der Waals surface area contributed by atoms with Crippen molar-refractivity contribution in [3.8, 4) is 0 Å². The Kier molecular flexibility index (Phi) is 4.13. The summed E-state index contributed by atoms with van der Waals surface area (Å²) in [5.74, 6) is -3.23. The van der Waals surface area contributed by atoms with Crippen molar-refractivity contribution in [3.63, 3.8) is 0 Å². The van der Waals surface area contributed by atoms with E-state index in [2.05, 4.69) is 15.9 Å². The molecule has 2 N–H and O–H groups in total. The van der Waals surface area contributed by atoms with Crippen LogP contribution in [0.2, 0.25) is 0 Å². The van der Waals surface area contributed by atoms with Gasteiger partial charge in [0.25, 0.3) is 5.91 Å². The first kappa shape index (κ1) is 15.2. The number of Topliss-reactive ketones (excluding diaryl/α,β-unsaturated/α-hetero) is 1. The predicted octanol–water partition coefficient (Wildman–Crippen LogP) is 1.82. The SMILES string of the molecule is CC(=O)C1=C(O)C(=O)N(CC(=O)O)C1c1ccc(Br)cc1. The minimum absolute atomic E-state index is 0.0800. The summed E-state index contributed by atoms with van der Waals surface area (Å²) in [6, 6.07) is 5.87. The molecule has 0 saturated heterocycles. The van der Waals surface area contributed by atoms with Gasteiger partial charge in [-0.05, 0) is 24.6 Å². The molecule has 2 rings (SSSR count). The normalized spacial score (nSPS) is 18.3.